The van der Waals surface area contributed by atoms with Crippen molar-refractivity contribution in [3.05, 3.63) is 58.6 Å². The van der Waals surface area contributed by atoms with Crippen molar-refractivity contribution in [1.29, 1.82) is 0 Å². The number of nitrogens with zero attached hydrogens (tertiary/aromatic N) is 1. The van der Waals surface area contributed by atoms with Gasteiger partial charge in [-0.1, -0.05) is 29.9 Å². The number of nitrogens with two attached hydrogens (primary N) is 1. The average molecular weight is 297 g/mol. The number of hydrogen-bond acceptors (Lipinski definition) is 3. The van der Waals surface area contributed by atoms with Gasteiger partial charge in [0.2, 0.25) is 0 Å². The normalized spacial score (nSPS) is 10.2. The summed E-state index contributed by atoms with van der Waals surface area (Å²) in [5, 5.41) is 0.478. The summed E-state index contributed by atoms with van der Waals surface area (Å²) in [7, 11) is 0. The number of hydrogen-bond donors (Lipinski definition) is 1. The van der Waals surface area contributed by atoms with Crippen molar-refractivity contribution in [1.82, 2.24) is 4.98 Å². The van der Waals surface area contributed by atoms with E-state index >= 15 is 0 Å². The van der Waals surface area contributed by atoms with Crippen LogP contribution in [0.5, 0.6) is 5.75 Å². The average Bonchev–Trinajstić information content (AvgIpc) is 2.37. The Bertz CT molecular complexity index is 621. The fraction of sp³-hybridized carbons (Fsp3) is 0.0769. The summed E-state index contributed by atoms with van der Waals surface area (Å²) >= 11 is 10.7. The number of pyridine rings is 1. The molecule has 0 bridgehead atoms. The zero-order valence-corrected chi connectivity index (χ0v) is 11.3. The Labute approximate surface area is 120 Å². The molecule has 0 aliphatic rings. The Kier molecular flexibility index (Phi) is 4.29. The van der Waals surface area contributed by atoms with E-state index in [1.807, 2.05) is 0 Å². The van der Waals surface area contributed by atoms with Gasteiger partial charge in [0.15, 0.2) is 0 Å². The van der Waals surface area contributed by atoms with Crippen molar-refractivity contribution in [2.24, 2.45) is 5.73 Å². The molecule has 1 heterocycles. The molecule has 6 heteroatoms. The summed E-state index contributed by atoms with van der Waals surface area (Å²) in [4.78, 5) is 4.03. The molecule has 98 valence electrons. The van der Waals surface area contributed by atoms with Gasteiger partial charge in [0.05, 0.1) is 11.2 Å². The smallest absolute Gasteiger partial charge is 0.139 e. The Morgan fingerprint density at radius 2 is 2.16 bits per heavy atom. The zero-order chi connectivity index (χ0) is 13.8. The number of benzene rings is 1. The third-order valence-electron chi connectivity index (χ3n) is 2.41. The molecular formula is C13H10ClFN2OS. The van der Waals surface area contributed by atoms with Gasteiger partial charge in [0.25, 0.3) is 0 Å². The van der Waals surface area contributed by atoms with Crippen LogP contribution in [0.4, 0.5) is 4.39 Å². The van der Waals surface area contributed by atoms with E-state index < -0.39 is 5.82 Å². The van der Waals surface area contributed by atoms with Crippen LogP contribution in [0, 0.1) is 5.82 Å². The zero-order valence-electron chi connectivity index (χ0n) is 9.77. The first-order valence-electron chi connectivity index (χ1n) is 5.38. The number of rotatable bonds is 4. The van der Waals surface area contributed by atoms with Gasteiger partial charge in [-0.15, -0.1) is 0 Å². The van der Waals surface area contributed by atoms with Crippen molar-refractivity contribution in [2.45, 2.75) is 6.61 Å². The SMILES string of the molecule is NC(=S)c1cc(F)ccc1COc1cncc(Cl)c1. The fourth-order valence-electron chi connectivity index (χ4n) is 1.54. The van der Waals surface area contributed by atoms with Crippen molar-refractivity contribution in [2.75, 3.05) is 0 Å². The predicted molar refractivity (Wildman–Crippen MR) is 75.9 cm³/mol. The molecule has 0 aliphatic carbocycles. The predicted octanol–water partition coefficient (Wildman–Crippen LogP) is 3.09. The highest BCUT2D eigenvalue weighted by molar-refractivity contribution is 7.80. The maximum atomic E-state index is 13.1. The number of aromatic nitrogens is 1. The topological polar surface area (TPSA) is 48.1 Å². The first-order valence-corrected chi connectivity index (χ1v) is 6.16. The van der Waals surface area contributed by atoms with Crippen molar-refractivity contribution >= 4 is 28.8 Å². The van der Waals surface area contributed by atoms with Crippen molar-refractivity contribution in [3.8, 4) is 5.75 Å². The van der Waals surface area contributed by atoms with Crippen LogP contribution >= 0.6 is 23.8 Å². The molecule has 0 atom stereocenters. The molecule has 0 radical (unpaired) electrons. The molecule has 3 nitrogen and oxygen atoms in total. The third kappa shape index (κ3) is 3.62. The molecule has 2 rings (SSSR count). The second-order valence-corrected chi connectivity index (χ2v) is 4.67. The lowest BCUT2D eigenvalue weighted by atomic mass is 10.1. The third-order valence-corrected chi connectivity index (χ3v) is 2.84. The van der Waals surface area contributed by atoms with Gasteiger partial charge in [-0.2, -0.15) is 0 Å². The molecule has 0 unspecified atom stereocenters. The molecule has 1 aromatic heterocycles. The summed E-state index contributed by atoms with van der Waals surface area (Å²) in [5.41, 5.74) is 6.72. The molecular weight excluding hydrogens is 287 g/mol. The largest absolute Gasteiger partial charge is 0.487 e. The molecule has 1 aromatic carbocycles. The van der Waals surface area contributed by atoms with Crippen LogP contribution in [0.2, 0.25) is 5.02 Å². The van der Waals surface area contributed by atoms with Gasteiger partial charge in [-0.05, 0) is 17.7 Å². The first-order chi connectivity index (χ1) is 9.06. The van der Waals surface area contributed by atoms with E-state index in [1.54, 1.807) is 12.1 Å². The number of ether oxygens (including phenoxy) is 1. The Hall–Kier alpha value is -1.72. The van der Waals surface area contributed by atoms with E-state index in [9.17, 15) is 4.39 Å². The minimum Gasteiger partial charge on any atom is -0.487 e. The maximum Gasteiger partial charge on any atom is 0.139 e. The Balaban J connectivity index is 2.17. The van der Waals surface area contributed by atoms with Crippen LogP contribution in [-0.4, -0.2) is 9.97 Å². The highest BCUT2D eigenvalue weighted by Gasteiger charge is 2.08. The Morgan fingerprint density at radius 1 is 1.37 bits per heavy atom. The summed E-state index contributed by atoms with van der Waals surface area (Å²) in [5.74, 6) is 0.127. The second-order valence-electron chi connectivity index (χ2n) is 3.79. The molecule has 2 N–H and O–H groups in total. The van der Waals surface area contributed by atoms with Crippen LogP contribution in [0.1, 0.15) is 11.1 Å². The quantitative estimate of drug-likeness (QED) is 0.881. The highest BCUT2D eigenvalue weighted by atomic mass is 35.5. The van der Waals surface area contributed by atoms with E-state index in [4.69, 9.17) is 34.3 Å². The standard InChI is InChI=1S/C13H10ClFN2OS/c14-9-3-11(6-17-5-9)18-7-8-1-2-10(15)4-12(8)13(16)19/h1-6H,7H2,(H2,16,19). The van der Waals surface area contributed by atoms with Crippen molar-refractivity contribution < 1.29 is 9.13 Å². The number of thiocarbonyl (C=S) groups is 1. The molecule has 2 aromatic rings. The molecule has 0 amide bonds. The van der Waals surface area contributed by atoms with Gasteiger partial charge in [0.1, 0.15) is 23.2 Å². The molecule has 0 saturated carbocycles. The lowest BCUT2D eigenvalue weighted by molar-refractivity contribution is 0.304. The lowest BCUT2D eigenvalue weighted by Gasteiger charge is -2.10. The van der Waals surface area contributed by atoms with Gasteiger partial charge in [-0.3, -0.25) is 4.98 Å². The van der Waals surface area contributed by atoms with Gasteiger partial charge in [-0.25, -0.2) is 4.39 Å². The van der Waals surface area contributed by atoms with Crippen molar-refractivity contribution in [3.63, 3.8) is 0 Å². The lowest BCUT2D eigenvalue weighted by Crippen LogP contribution is -2.14. The highest BCUT2D eigenvalue weighted by Crippen LogP contribution is 2.18. The van der Waals surface area contributed by atoms with Gasteiger partial charge in [0, 0.05) is 17.8 Å². The number of halogens is 2. The van der Waals surface area contributed by atoms with E-state index in [2.05, 4.69) is 4.98 Å². The van der Waals surface area contributed by atoms with Gasteiger partial charge < -0.3 is 10.5 Å². The summed E-state index contributed by atoms with van der Waals surface area (Å²) in [6.07, 6.45) is 3.04. The Morgan fingerprint density at radius 3 is 2.84 bits per heavy atom. The molecule has 0 spiro atoms. The second kappa shape index (κ2) is 5.95. The van der Waals surface area contributed by atoms with Crippen LogP contribution in [0.25, 0.3) is 0 Å². The van der Waals surface area contributed by atoms with E-state index in [0.717, 1.165) is 0 Å². The van der Waals surface area contributed by atoms with Crippen LogP contribution in [0.15, 0.2) is 36.7 Å². The minimum absolute atomic E-state index is 0.127. The van der Waals surface area contributed by atoms with E-state index in [1.165, 1.54) is 24.5 Å². The summed E-state index contributed by atoms with van der Waals surface area (Å²) in [6, 6.07) is 5.84. The summed E-state index contributed by atoms with van der Waals surface area (Å²) in [6.45, 7) is 0.203. The van der Waals surface area contributed by atoms with Crippen LogP contribution in [0.3, 0.4) is 0 Å². The molecule has 0 aliphatic heterocycles. The maximum absolute atomic E-state index is 13.1. The monoisotopic (exact) mass is 296 g/mol. The fourth-order valence-corrected chi connectivity index (χ4v) is 1.89. The summed E-state index contributed by atoms with van der Waals surface area (Å²) < 4.78 is 18.7. The van der Waals surface area contributed by atoms with E-state index in [0.29, 0.717) is 21.9 Å². The first kappa shape index (κ1) is 13.7. The molecule has 0 saturated heterocycles. The molecule has 0 fully saturated rings. The molecule has 19 heavy (non-hydrogen) atoms. The minimum atomic E-state index is -0.393. The van der Waals surface area contributed by atoms with E-state index in [-0.39, 0.29) is 11.6 Å². The van der Waals surface area contributed by atoms with Gasteiger partial charge >= 0.3 is 0 Å². The van der Waals surface area contributed by atoms with Crippen LogP contribution < -0.4 is 10.5 Å². The van der Waals surface area contributed by atoms with Crippen LogP contribution in [-0.2, 0) is 6.61 Å².